The molecule has 0 bridgehead atoms. The maximum atomic E-state index is 12.6. The highest BCUT2D eigenvalue weighted by atomic mass is 35.5. The first kappa shape index (κ1) is 80.0. The second-order valence-electron chi connectivity index (χ2n) is 23.6. The molecule has 1 N–H and O–H groups in total. The summed E-state index contributed by atoms with van der Waals surface area (Å²) in [5.41, 5.74) is 7.50. The molecular formula is C74H117ClN4O8S2. The molecule has 0 atom stereocenters. The summed E-state index contributed by atoms with van der Waals surface area (Å²) in [4.78, 5) is 59.8. The highest BCUT2D eigenvalue weighted by Gasteiger charge is 2.26. The average molecular weight is 1290 g/mol. The molecule has 2 aliphatic rings. The Morgan fingerprint density at radius 2 is 0.764 bits per heavy atom. The number of carbonyl (C=O) groups is 4. The largest absolute Gasteiger partial charge is 0.481 e. The Bertz CT molecular complexity index is 2540. The standard InChI is InChI=1S/C36H54N2O4S.C20H23ClN2O2S.C16H32O2.2CH4/c1-4-5-6-7-8-9-10-11-12-13-14-15-16-21-35(39)41-29-42-36(40)38-26-24-37(25-27-38)32-19-17-18-20-34(32)43-33-23-22-30(2)28-31(33)3;1-15-7-8-18(16(2)13-15)26-19-6-4-3-5-17(19)22-9-11-23(12-10-22)20(24)25-14-21;1-2-3-4-5-6-7-8-9-10-11-12-13-14-15-16(17)18;;/h17-20,22-23,28H,4-16,21,24-27,29H2,1-3H3;3-8,13H,9-12,14H2,1-2H3;2-15H2,1H3,(H,17,18);2*1H4. The molecule has 0 saturated carbocycles. The number of hydrogen-bond acceptors (Lipinski definition) is 11. The fourth-order valence-corrected chi connectivity index (χ4v) is 13.1. The zero-order valence-electron chi connectivity index (χ0n) is 54.2. The number of hydrogen-bond donors (Lipinski definition) is 1. The van der Waals surface area contributed by atoms with Gasteiger partial charge < -0.3 is 38.9 Å². The molecule has 0 spiro atoms. The van der Waals surface area contributed by atoms with Gasteiger partial charge in [-0.25, -0.2) is 9.59 Å². The van der Waals surface area contributed by atoms with Gasteiger partial charge in [-0.15, -0.1) is 0 Å². The van der Waals surface area contributed by atoms with E-state index in [0.717, 1.165) is 51.9 Å². The van der Waals surface area contributed by atoms with Crippen molar-refractivity contribution in [2.45, 2.75) is 256 Å². The minimum absolute atomic E-state index is 0. The quantitative estimate of drug-likeness (QED) is 0.0200. The van der Waals surface area contributed by atoms with Crippen molar-refractivity contribution in [3.05, 3.63) is 107 Å². The van der Waals surface area contributed by atoms with Crippen LogP contribution in [-0.4, -0.2) is 104 Å². The molecule has 89 heavy (non-hydrogen) atoms. The van der Waals surface area contributed by atoms with Crippen LogP contribution in [0.25, 0.3) is 0 Å². The van der Waals surface area contributed by atoms with Crippen LogP contribution in [0.5, 0.6) is 0 Å². The Hall–Kier alpha value is -5.05. The topological polar surface area (TPSA) is 129 Å². The number of carboxylic acids is 1. The predicted molar refractivity (Wildman–Crippen MR) is 377 cm³/mol. The SMILES string of the molecule is C.C.CCCCCCCCCCCCCCCC(=O)O.CCCCCCCCCCCCCCCC(=O)OCOC(=O)N1CCN(c2ccccc2Sc2ccc(C)cc2C)CC1.Cc1ccc(Sc2ccccc2N2CCN(C(=O)OCCl)CC2)c(C)c1. The number of carbonyl (C=O) groups excluding carboxylic acids is 3. The van der Waals surface area contributed by atoms with Crippen molar-refractivity contribution >= 4 is 70.6 Å². The number of carboxylic acid groups (broad SMARTS) is 1. The number of anilines is 2. The van der Waals surface area contributed by atoms with Crippen LogP contribution in [0.3, 0.4) is 0 Å². The fraction of sp³-hybridized carbons (Fsp3) is 0.622. The van der Waals surface area contributed by atoms with Crippen molar-refractivity contribution in [2.75, 3.05) is 75.0 Å². The normalized spacial score (nSPS) is 12.8. The van der Waals surface area contributed by atoms with Crippen LogP contribution in [0.4, 0.5) is 21.0 Å². The number of halogens is 1. The summed E-state index contributed by atoms with van der Waals surface area (Å²) < 4.78 is 15.3. The maximum Gasteiger partial charge on any atom is 0.412 e. The predicted octanol–water partition coefficient (Wildman–Crippen LogP) is 21.4. The van der Waals surface area contributed by atoms with Gasteiger partial charge in [0.2, 0.25) is 6.79 Å². The molecule has 2 saturated heterocycles. The van der Waals surface area contributed by atoms with E-state index in [9.17, 15) is 19.2 Å². The molecule has 2 fully saturated rings. The molecular weight excluding hydrogens is 1170 g/mol. The summed E-state index contributed by atoms with van der Waals surface area (Å²) in [6, 6.07) is 29.9. The molecule has 2 heterocycles. The molecule has 0 unspecified atom stereocenters. The lowest BCUT2D eigenvalue weighted by atomic mass is 10.0. The molecule has 12 nitrogen and oxygen atoms in total. The van der Waals surface area contributed by atoms with Crippen LogP contribution in [0, 0.1) is 27.7 Å². The molecule has 6 rings (SSSR count). The molecule has 0 aliphatic carbocycles. The van der Waals surface area contributed by atoms with Gasteiger partial charge in [0.15, 0.2) is 6.07 Å². The second-order valence-corrected chi connectivity index (χ2v) is 26.0. The van der Waals surface area contributed by atoms with E-state index >= 15 is 0 Å². The number of unbranched alkanes of at least 4 members (excludes halogenated alkanes) is 24. The van der Waals surface area contributed by atoms with E-state index in [1.807, 2.05) is 0 Å². The van der Waals surface area contributed by atoms with Crippen molar-refractivity contribution < 1.29 is 38.5 Å². The number of amides is 2. The van der Waals surface area contributed by atoms with Crippen molar-refractivity contribution in [1.82, 2.24) is 9.80 Å². The molecule has 15 heteroatoms. The van der Waals surface area contributed by atoms with Crippen LogP contribution < -0.4 is 9.80 Å². The van der Waals surface area contributed by atoms with E-state index in [0.29, 0.717) is 39.0 Å². The van der Waals surface area contributed by atoms with Crippen LogP contribution >= 0.6 is 35.1 Å². The Kier molecular flexibility index (Phi) is 44.6. The third kappa shape index (κ3) is 34.3. The van der Waals surface area contributed by atoms with Crippen molar-refractivity contribution in [2.24, 2.45) is 0 Å². The molecule has 2 amide bonds. The number of aryl methyl sites for hydroxylation is 4. The summed E-state index contributed by atoms with van der Waals surface area (Å²) in [7, 11) is 0. The first-order valence-electron chi connectivity index (χ1n) is 33.3. The molecule has 0 aromatic heterocycles. The van der Waals surface area contributed by atoms with Crippen LogP contribution in [-0.2, 0) is 23.8 Å². The summed E-state index contributed by atoms with van der Waals surface area (Å²) in [5, 5.41) is 8.49. The van der Waals surface area contributed by atoms with Gasteiger partial charge >= 0.3 is 24.1 Å². The number of rotatable bonds is 37. The third-order valence-corrected chi connectivity index (χ3v) is 18.7. The van der Waals surface area contributed by atoms with Crippen molar-refractivity contribution in [1.29, 1.82) is 0 Å². The Morgan fingerprint density at radius 1 is 0.427 bits per heavy atom. The molecule has 4 aromatic carbocycles. The summed E-state index contributed by atoms with van der Waals surface area (Å²) in [6.45, 7) is 18.1. The van der Waals surface area contributed by atoms with Gasteiger partial charge in [-0.2, -0.15) is 0 Å². The Morgan fingerprint density at radius 3 is 1.11 bits per heavy atom. The molecule has 500 valence electrons. The van der Waals surface area contributed by atoms with Crippen LogP contribution in [0.2, 0.25) is 0 Å². The molecule has 0 radical (unpaired) electrons. The van der Waals surface area contributed by atoms with Gasteiger partial charge in [-0.1, -0.05) is 278 Å². The third-order valence-electron chi connectivity index (χ3n) is 16.1. The maximum absolute atomic E-state index is 12.6. The van der Waals surface area contributed by atoms with Gasteiger partial charge in [-0.05, 0) is 88.1 Å². The minimum Gasteiger partial charge on any atom is -0.481 e. The fourth-order valence-electron chi connectivity index (χ4n) is 11.0. The van der Waals surface area contributed by atoms with Gasteiger partial charge in [0.05, 0.1) is 11.4 Å². The number of ether oxygens (including phenoxy) is 3. The monoisotopic (exact) mass is 1290 g/mol. The number of benzene rings is 4. The van der Waals surface area contributed by atoms with Crippen LogP contribution in [0.15, 0.2) is 105 Å². The van der Waals surface area contributed by atoms with Gasteiger partial charge in [0.1, 0.15) is 0 Å². The van der Waals surface area contributed by atoms with Crippen molar-refractivity contribution in [3.63, 3.8) is 0 Å². The summed E-state index contributed by atoms with van der Waals surface area (Å²) in [6.07, 6.45) is 33.4. The zero-order chi connectivity index (χ0) is 62.7. The Labute approximate surface area is 553 Å². The zero-order valence-corrected chi connectivity index (χ0v) is 56.6. The van der Waals surface area contributed by atoms with E-state index in [1.165, 1.54) is 194 Å². The van der Waals surface area contributed by atoms with E-state index in [-0.39, 0.29) is 39.8 Å². The van der Waals surface area contributed by atoms with Crippen molar-refractivity contribution in [3.8, 4) is 0 Å². The van der Waals surface area contributed by atoms with E-state index < -0.39 is 12.1 Å². The summed E-state index contributed by atoms with van der Waals surface area (Å²) >= 11 is 9.06. The van der Waals surface area contributed by atoms with Gasteiger partial charge in [0, 0.05) is 84.8 Å². The average Bonchev–Trinajstić information content (AvgIpc) is 3.31. The lowest BCUT2D eigenvalue weighted by Crippen LogP contribution is -2.49. The van der Waals surface area contributed by atoms with E-state index in [2.05, 4.69) is 136 Å². The van der Waals surface area contributed by atoms with Gasteiger partial charge in [0.25, 0.3) is 0 Å². The van der Waals surface area contributed by atoms with E-state index in [1.54, 1.807) is 33.3 Å². The number of para-hydroxylation sites is 2. The smallest absolute Gasteiger partial charge is 0.412 e. The number of esters is 1. The lowest BCUT2D eigenvalue weighted by molar-refractivity contribution is -0.152. The van der Waals surface area contributed by atoms with E-state index in [4.69, 9.17) is 30.9 Å². The second kappa shape index (κ2) is 49.6. The first-order chi connectivity index (χ1) is 42.3. The first-order valence-corrected chi connectivity index (χ1v) is 35.4. The Balaban J connectivity index is 0.000000499. The number of aliphatic carboxylic acids is 1. The number of piperazine rings is 2. The molecule has 2 aliphatic heterocycles. The lowest BCUT2D eigenvalue weighted by Gasteiger charge is -2.36. The van der Waals surface area contributed by atoms with Gasteiger partial charge in [-0.3, -0.25) is 9.59 Å². The number of alkyl halides is 1. The highest BCUT2D eigenvalue weighted by molar-refractivity contribution is 7.99. The van der Waals surface area contributed by atoms with Crippen LogP contribution in [0.1, 0.15) is 231 Å². The highest BCUT2D eigenvalue weighted by Crippen LogP contribution is 2.39. The summed E-state index contributed by atoms with van der Waals surface area (Å²) in [5.74, 6) is -0.948. The molecule has 4 aromatic rings. The minimum atomic E-state index is -0.655. The number of nitrogens with zero attached hydrogens (tertiary/aromatic N) is 4.